The van der Waals surface area contributed by atoms with Crippen LogP contribution >= 0.6 is 0 Å². The molecule has 1 rings (SSSR count). The van der Waals surface area contributed by atoms with Gasteiger partial charge in [0.15, 0.2) is 5.96 Å². The Morgan fingerprint density at radius 1 is 1.22 bits per heavy atom. The van der Waals surface area contributed by atoms with Crippen molar-refractivity contribution in [1.29, 1.82) is 0 Å². The van der Waals surface area contributed by atoms with Crippen molar-refractivity contribution in [3.05, 3.63) is 29.8 Å². The molecule has 4 heteroatoms. The lowest BCUT2D eigenvalue weighted by Gasteiger charge is -2.23. The molecule has 4 nitrogen and oxygen atoms in total. The molecule has 0 saturated carbocycles. The first-order valence-electron chi connectivity index (χ1n) is 6.25. The molecular weight excluding hydrogens is 226 g/mol. The third kappa shape index (κ3) is 5.57. The van der Waals surface area contributed by atoms with Gasteiger partial charge in [-0.1, -0.05) is 12.1 Å². The van der Waals surface area contributed by atoms with Gasteiger partial charge in [0, 0.05) is 12.1 Å². The van der Waals surface area contributed by atoms with E-state index in [4.69, 9.17) is 0 Å². The van der Waals surface area contributed by atoms with Gasteiger partial charge >= 0.3 is 0 Å². The molecule has 0 bridgehead atoms. The number of rotatable bonds is 3. The van der Waals surface area contributed by atoms with E-state index in [9.17, 15) is 5.11 Å². The molecule has 0 heterocycles. The lowest BCUT2D eigenvalue weighted by Crippen LogP contribution is -2.47. The molecular formula is C14H23N3O. The lowest BCUT2D eigenvalue weighted by atomic mass is 10.1. The van der Waals surface area contributed by atoms with Crippen LogP contribution in [0.1, 0.15) is 33.3 Å². The molecule has 0 fully saturated rings. The number of hydrogen-bond acceptors (Lipinski definition) is 2. The SMILES string of the molecule is CCNC(=NCc1ccc(O)cc1)NC(C)(C)C. The number of phenolic OH excluding ortho intramolecular Hbond substituents is 1. The Morgan fingerprint density at radius 2 is 1.83 bits per heavy atom. The summed E-state index contributed by atoms with van der Waals surface area (Å²) < 4.78 is 0. The second kappa shape index (κ2) is 6.28. The summed E-state index contributed by atoms with van der Waals surface area (Å²) in [6.07, 6.45) is 0. The van der Waals surface area contributed by atoms with Crippen LogP contribution < -0.4 is 10.6 Å². The minimum atomic E-state index is -0.0179. The monoisotopic (exact) mass is 249 g/mol. The maximum absolute atomic E-state index is 9.21. The highest BCUT2D eigenvalue weighted by Gasteiger charge is 2.11. The summed E-state index contributed by atoms with van der Waals surface area (Å²) in [6, 6.07) is 7.10. The highest BCUT2D eigenvalue weighted by Crippen LogP contribution is 2.10. The molecule has 0 spiro atoms. The van der Waals surface area contributed by atoms with Gasteiger partial charge in [-0.15, -0.1) is 0 Å². The summed E-state index contributed by atoms with van der Waals surface area (Å²) in [5.41, 5.74) is 1.05. The Hall–Kier alpha value is -1.71. The van der Waals surface area contributed by atoms with Crippen molar-refractivity contribution in [1.82, 2.24) is 10.6 Å². The van der Waals surface area contributed by atoms with E-state index in [1.165, 1.54) is 0 Å². The molecule has 0 radical (unpaired) electrons. The van der Waals surface area contributed by atoms with E-state index in [0.29, 0.717) is 6.54 Å². The summed E-state index contributed by atoms with van der Waals surface area (Å²) in [6.45, 7) is 9.75. The van der Waals surface area contributed by atoms with Crippen molar-refractivity contribution < 1.29 is 5.11 Å². The predicted octanol–water partition coefficient (Wildman–Crippen LogP) is 2.25. The number of benzene rings is 1. The molecule has 1 aromatic carbocycles. The zero-order chi connectivity index (χ0) is 13.6. The first-order chi connectivity index (χ1) is 8.40. The maximum atomic E-state index is 9.21. The number of nitrogens with zero attached hydrogens (tertiary/aromatic N) is 1. The normalized spacial score (nSPS) is 12.3. The van der Waals surface area contributed by atoms with Gasteiger partial charge in [-0.25, -0.2) is 4.99 Å². The van der Waals surface area contributed by atoms with Crippen LogP contribution in [0, 0.1) is 0 Å². The Labute approximate surface area is 109 Å². The number of guanidine groups is 1. The van der Waals surface area contributed by atoms with E-state index >= 15 is 0 Å². The lowest BCUT2D eigenvalue weighted by molar-refractivity contribution is 0.475. The van der Waals surface area contributed by atoms with Gasteiger partial charge in [-0.3, -0.25) is 0 Å². The van der Waals surface area contributed by atoms with Crippen molar-refractivity contribution in [2.24, 2.45) is 4.99 Å². The molecule has 0 aliphatic heterocycles. The number of aromatic hydroxyl groups is 1. The molecule has 0 saturated heterocycles. The quantitative estimate of drug-likeness (QED) is 0.569. The first kappa shape index (κ1) is 14.4. The summed E-state index contributed by atoms with van der Waals surface area (Å²) in [5, 5.41) is 15.7. The Balaban J connectivity index is 2.67. The zero-order valence-electron chi connectivity index (χ0n) is 11.6. The summed E-state index contributed by atoms with van der Waals surface area (Å²) in [4.78, 5) is 4.51. The molecule has 0 unspecified atom stereocenters. The van der Waals surface area contributed by atoms with Gasteiger partial charge in [-0.05, 0) is 45.4 Å². The average Bonchev–Trinajstić information content (AvgIpc) is 2.26. The summed E-state index contributed by atoms with van der Waals surface area (Å²) in [7, 11) is 0. The second-order valence-electron chi connectivity index (χ2n) is 5.24. The van der Waals surface area contributed by atoms with E-state index in [1.54, 1.807) is 12.1 Å². The van der Waals surface area contributed by atoms with Crippen LogP contribution in [0.5, 0.6) is 5.75 Å². The van der Waals surface area contributed by atoms with Crippen LogP contribution in [0.3, 0.4) is 0 Å². The Kier molecular flexibility index (Phi) is 5.01. The third-order valence-electron chi connectivity index (χ3n) is 2.19. The van der Waals surface area contributed by atoms with Crippen LogP contribution in [0.25, 0.3) is 0 Å². The molecule has 0 amide bonds. The van der Waals surface area contributed by atoms with Crippen molar-refractivity contribution in [2.75, 3.05) is 6.54 Å². The fourth-order valence-corrected chi connectivity index (χ4v) is 1.43. The highest BCUT2D eigenvalue weighted by atomic mass is 16.3. The van der Waals surface area contributed by atoms with Gasteiger partial charge in [0.2, 0.25) is 0 Å². The maximum Gasteiger partial charge on any atom is 0.191 e. The second-order valence-corrected chi connectivity index (χ2v) is 5.24. The Bertz CT molecular complexity index is 390. The number of aliphatic imine (C=N–C) groups is 1. The van der Waals surface area contributed by atoms with Crippen LogP contribution in [0.2, 0.25) is 0 Å². The molecule has 0 aromatic heterocycles. The minimum Gasteiger partial charge on any atom is -0.508 e. The van der Waals surface area contributed by atoms with Crippen molar-refractivity contribution in [3.63, 3.8) is 0 Å². The minimum absolute atomic E-state index is 0.0179. The van der Waals surface area contributed by atoms with Gasteiger partial charge < -0.3 is 15.7 Å². The molecule has 0 aliphatic carbocycles. The van der Waals surface area contributed by atoms with Crippen molar-refractivity contribution >= 4 is 5.96 Å². The van der Waals surface area contributed by atoms with Crippen molar-refractivity contribution in [2.45, 2.75) is 39.8 Å². The first-order valence-corrected chi connectivity index (χ1v) is 6.25. The fraction of sp³-hybridized carbons (Fsp3) is 0.500. The van der Waals surface area contributed by atoms with Crippen LogP contribution in [0.4, 0.5) is 0 Å². The molecule has 100 valence electrons. The summed E-state index contributed by atoms with van der Waals surface area (Å²) in [5.74, 6) is 1.08. The highest BCUT2D eigenvalue weighted by molar-refractivity contribution is 5.80. The van der Waals surface area contributed by atoms with Crippen LogP contribution in [-0.4, -0.2) is 23.1 Å². The van der Waals surface area contributed by atoms with Crippen LogP contribution in [-0.2, 0) is 6.54 Å². The molecule has 18 heavy (non-hydrogen) atoms. The van der Waals surface area contributed by atoms with E-state index in [-0.39, 0.29) is 11.3 Å². The Morgan fingerprint density at radius 3 is 2.33 bits per heavy atom. The van der Waals surface area contributed by atoms with Crippen molar-refractivity contribution in [3.8, 4) is 5.75 Å². The predicted molar refractivity (Wildman–Crippen MR) is 75.8 cm³/mol. The van der Waals surface area contributed by atoms with Gasteiger partial charge in [0.25, 0.3) is 0 Å². The van der Waals surface area contributed by atoms with E-state index in [1.807, 2.05) is 19.1 Å². The van der Waals surface area contributed by atoms with E-state index in [0.717, 1.165) is 18.1 Å². The molecule has 1 aromatic rings. The molecule has 0 atom stereocenters. The standard InChI is InChI=1S/C14H23N3O/c1-5-15-13(17-14(2,3)4)16-10-11-6-8-12(18)9-7-11/h6-9,18H,5,10H2,1-4H3,(H2,15,16,17). The largest absolute Gasteiger partial charge is 0.508 e. The number of phenols is 1. The summed E-state index contributed by atoms with van der Waals surface area (Å²) >= 11 is 0. The molecule has 3 N–H and O–H groups in total. The van der Waals surface area contributed by atoms with Crippen LogP contribution in [0.15, 0.2) is 29.3 Å². The zero-order valence-corrected chi connectivity index (χ0v) is 11.6. The van der Waals surface area contributed by atoms with Gasteiger partial charge in [0.1, 0.15) is 5.75 Å². The van der Waals surface area contributed by atoms with E-state index in [2.05, 4.69) is 36.4 Å². The average molecular weight is 249 g/mol. The fourth-order valence-electron chi connectivity index (χ4n) is 1.43. The number of hydrogen-bond donors (Lipinski definition) is 3. The topological polar surface area (TPSA) is 56.7 Å². The smallest absolute Gasteiger partial charge is 0.191 e. The van der Waals surface area contributed by atoms with Gasteiger partial charge in [-0.2, -0.15) is 0 Å². The van der Waals surface area contributed by atoms with E-state index < -0.39 is 0 Å². The van der Waals surface area contributed by atoms with Gasteiger partial charge in [0.05, 0.1) is 6.54 Å². The number of nitrogens with one attached hydrogen (secondary N) is 2. The third-order valence-corrected chi connectivity index (χ3v) is 2.19. The molecule has 0 aliphatic rings.